The predicted molar refractivity (Wildman–Crippen MR) is 81.3 cm³/mol. The first-order chi connectivity index (χ1) is 9.65. The van der Waals surface area contributed by atoms with Crippen molar-refractivity contribution >= 4 is 21.6 Å². The Morgan fingerprint density at radius 1 is 1.05 bits per heavy atom. The third kappa shape index (κ3) is 3.16. The standard InChI is InChI=1S/C15H14O3S2/c16-20(17,11-13-10-19-13)15-9-5-4-8-14(15)18-12-6-2-1-3-7-12/h1-9,13H,10-11H2. The average molecular weight is 306 g/mol. The van der Waals surface area contributed by atoms with Gasteiger partial charge in [0.25, 0.3) is 0 Å². The second kappa shape index (κ2) is 5.50. The van der Waals surface area contributed by atoms with Gasteiger partial charge in [-0.05, 0) is 24.3 Å². The van der Waals surface area contributed by atoms with Crippen LogP contribution >= 0.6 is 11.8 Å². The van der Waals surface area contributed by atoms with Crippen LogP contribution in [0.2, 0.25) is 0 Å². The van der Waals surface area contributed by atoms with Gasteiger partial charge in [0.15, 0.2) is 9.84 Å². The van der Waals surface area contributed by atoms with Crippen LogP contribution in [0.15, 0.2) is 59.5 Å². The molecule has 1 fully saturated rings. The summed E-state index contributed by atoms with van der Waals surface area (Å²) in [5, 5.41) is 0.241. The number of rotatable bonds is 5. The Hall–Kier alpha value is -1.46. The number of hydrogen-bond donors (Lipinski definition) is 0. The van der Waals surface area contributed by atoms with Crippen molar-refractivity contribution in [2.24, 2.45) is 0 Å². The maximum Gasteiger partial charge on any atom is 0.183 e. The lowest BCUT2D eigenvalue weighted by Crippen LogP contribution is -2.12. The minimum absolute atomic E-state index is 0.187. The molecule has 1 aliphatic rings. The molecule has 2 aromatic rings. The van der Waals surface area contributed by atoms with Crippen LogP contribution in [0.1, 0.15) is 0 Å². The van der Waals surface area contributed by atoms with E-state index in [-0.39, 0.29) is 15.9 Å². The van der Waals surface area contributed by atoms with Crippen LogP contribution in [0, 0.1) is 0 Å². The van der Waals surface area contributed by atoms with Crippen molar-refractivity contribution in [1.82, 2.24) is 0 Å². The monoisotopic (exact) mass is 306 g/mol. The smallest absolute Gasteiger partial charge is 0.183 e. The van der Waals surface area contributed by atoms with Crippen LogP contribution in [0.4, 0.5) is 0 Å². The minimum atomic E-state index is -3.29. The predicted octanol–water partition coefficient (Wildman–Crippen LogP) is 3.37. The van der Waals surface area contributed by atoms with E-state index in [1.807, 2.05) is 18.2 Å². The molecule has 0 aliphatic carbocycles. The van der Waals surface area contributed by atoms with Gasteiger partial charge in [0.05, 0.1) is 5.75 Å². The van der Waals surface area contributed by atoms with Gasteiger partial charge in [0.1, 0.15) is 16.4 Å². The van der Waals surface area contributed by atoms with E-state index >= 15 is 0 Å². The van der Waals surface area contributed by atoms with Gasteiger partial charge < -0.3 is 4.74 Å². The van der Waals surface area contributed by atoms with Crippen molar-refractivity contribution in [2.75, 3.05) is 11.5 Å². The summed E-state index contributed by atoms with van der Waals surface area (Å²) in [4.78, 5) is 0.274. The molecule has 1 unspecified atom stereocenters. The molecule has 20 heavy (non-hydrogen) atoms. The number of ether oxygens (including phenoxy) is 1. The highest BCUT2D eigenvalue weighted by atomic mass is 32.2. The Bertz CT molecular complexity index is 692. The summed E-state index contributed by atoms with van der Waals surface area (Å²) in [6.07, 6.45) is 0. The fraction of sp³-hybridized carbons (Fsp3) is 0.200. The molecule has 1 atom stereocenters. The van der Waals surface area contributed by atoms with E-state index in [2.05, 4.69) is 0 Å². The maximum absolute atomic E-state index is 12.4. The summed E-state index contributed by atoms with van der Waals surface area (Å²) in [7, 11) is -3.29. The van der Waals surface area contributed by atoms with Crippen molar-refractivity contribution in [2.45, 2.75) is 10.1 Å². The van der Waals surface area contributed by atoms with E-state index in [0.717, 1.165) is 5.75 Å². The highest BCUT2D eigenvalue weighted by molar-refractivity contribution is 8.08. The highest BCUT2D eigenvalue weighted by Gasteiger charge is 2.31. The van der Waals surface area contributed by atoms with Gasteiger partial charge in [0.2, 0.25) is 0 Å². The molecular formula is C15H14O3S2. The Balaban J connectivity index is 1.91. The minimum Gasteiger partial charge on any atom is -0.456 e. The third-order valence-electron chi connectivity index (χ3n) is 2.96. The van der Waals surface area contributed by atoms with Gasteiger partial charge in [0, 0.05) is 11.0 Å². The van der Waals surface area contributed by atoms with Gasteiger partial charge in [-0.15, -0.1) is 0 Å². The largest absolute Gasteiger partial charge is 0.456 e. The maximum atomic E-state index is 12.4. The molecular weight excluding hydrogens is 292 g/mol. The molecule has 2 aromatic carbocycles. The van der Waals surface area contributed by atoms with Crippen LogP contribution in [-0.4, -0.2) is 25.2 Å². The van der Waals surface area contributed by atoms with Gasteiger partial charge >= 0.3 is 0 Å². The number of thioether (sulfide) groups is 1. The Labute approximate surface area is 122 Å². The Morgan fingerprint density at radius 3 is 2.40 bits per heavy atom. The SMILES string of the molecule is O=S(=O)(CC1CS1)c1ccccc1Oc1ccccc1. The topological polar surface area (TPSA) is 43.4 Å². The molecule has 0 bridgehead atoms. The Morgan fingerprint density at radius 2 is 1.70 bits per heavy atom. The number of para-hydroxylation sites is 2. The zero-order chi connectivity index (χ0) is 14.0. The van der Waals surface area contributed by atoms with Crippen LogP contribution in [0.25, 0.3) is 0 Å². The molecule has 1 heterocycles. The first-order valence-electron chi connectivity index (χ1n) is 6.31. The van der Waals surface area contributed by atoms with Gasteiger partial charge in [-0.25, -0.2) is 8.42 Å². The Kier molecular flexibility index (Phi) is 3.72. The quantitative estimate of drug-likeness (QED) is 0.794. The molecule has 104 valence electrons. The van der Waals surface area contributed by atoms with E-state index in [1.165, 1.54) is 0 Å². The third-order valence-corrected chi connectivity index (χ3v) is 5.99. The molecule has 3 rings (SSSR count). The molecule has 0 spiro atoms. The molecule has 1 saturated heterocycles. The molecule has 3 nitrogen and oxygen atoms in total. The van der Waals surface area contributed by atoms with Crippen molar-refractivity contribution in [1.29, 1.82) is 0 Å². The highest BCUT2D eigenvalue weighted by Crippen LogP contribution is 2.35. The van der Waals surface area contributed by atoms with E-state index in [0.29, 0.717) is 11.5 Å². The molecule has 0 radical (unpaired) electrons. The zero-order valence-electron chi connectivity index (χ0n) is 10.7. The fourth-order valence-corrected chi connectivity index (χ4v) is 4.72. The lowest BCUT2D eigenvalue weighted by Gasteiger charge is -2.11. The van der Waals surface area contributed by atoms with Gasteiger partial charge in [-0.1, -0.05) is 30.3 Å². The lowest BCUT2D eigenvalue weighted by atomic mass is 10.3. The van der Waals surface area contributed by atoms with Crippen molar-refractivity contribution in [3.63, 3.8) is 0 Å². The van der Waals surface area contributed by atoms with Gasteiger partial charge in [-0.3, -0.25) is 0 Å². The van der Waals surface area contributed by atoms with Crippen LogP contribution < -0.4 is 4.74 Å². The summed E-state index contributed by atoms with van der Waals surface area (Å²) >= 11 is 1.68. The fourth-order valence-electron chi connectivity index (χ4n) is 1.91. The van der Waals surface area contributed by atoms with E-state index in [4.69, 9.17) is 4.74 Å². The second-order valence-electron chi connectivity index (χ2n) is 4.60. The van der Waals surface area contributed by atoms with E-state index in [1.54, 1.807) is 48.2 Å². The number of hydrogen-bond acceptors (Lipinski definition) is 4. The van der Waals surface area contributed by atoms with Crippen LogP contribution in [0.5, 0.6) is 11.5 Å². The summed E-state index contributed by atoms with van der Waals surface area (Å²) in [5.41, 5.74) is 0. The molecule has 5 heteroatoms. The average Bonchev–Trinajstić information content (AvgIpc) is 3.24. The molecule has 0 aromatic heterocycles. The summed E-state index contributed by atoms with van der Waals surface area (Å²) < 4.78 is 30.5. The summed E-state index contributed by atoms with van der Waals surface area (Å²) in [5.74, 6) is 2.15. The number of sulfone groups is 1. The van der Waals surface area contributed by atoms with Crippen LogP contribution in [0.3, 0.4) is 0 Å². The molecule has 0 amide bonds. The van der Waals surface area contributed by atoms with Crippen LogP contribution in [-0.2, 0) is 9.84 Å². The molecule has 1 aliphatic heterocycles. The lowest BCUT2D eigenvalue weighted by molar-refractivity contribution is 0.467. The number of benzene rings is 2. The first-order valence-corrected chi connectivity index (χ1v) is 9.01. The van der Waals surface area contributed by atoms with E-state index < -0.39 is 9.84 Å². The zero-order valence-corrected chi connectivity index (χ0v) is 12.4. The normalized spacial score (nSPS) is 17.7. The molecule has 0 N–H and O–H groups in total. The first kappa shape index (κ1) is 13.5. The van der Waals surface area contributed by atoms with Crippen molar-refractivity contribution in [3.05, 3.63) is 54.6 Å². The summed E-state index contributed by atoms with van der Waals surface area (Å²) in [6.45, 7) is 0. The molecule has 0 saturated carbocycles. The van der Waals surface area contributed by atoms with Gasteiger partial charge in [-0.2, -0.15) is 11.8 Å². The van der Waals surface area contributed by atoms with E-state index in [9.17, 15) is 8.42 Å². The summed E-state index contributed by atoms with van der Waals surface area (Å²) in [6, 6.07) is 16.0. The van der Waals surface area contributed by atoms with Crippen molar-refractivity contribution in [3.8, 4) is 11.5 Å². The van der Waals surface area contributed by atoms with Crippen molar-refractivity contribution < 1.29 is 13.2 Å². The second-order valence-corrected chi connectivity index (χ2v) is 7.93.